The molecule has 2 heterocycles. The second-order valence-corrected chi connectivity index (χ2v) is 8.84. The number of aliphatic hydroxyl groups excluding tert-OH is 1. The molecular weight excluding hydrogens is 418 g/mol. The van der Waals surface area contributed by atoms with Crippen LogP contribution >= 0.6 is 0 Å². The van der Waals surface area contributed by atoms with Crippen LogP contribution in [0.25, 0.3) is 0 Å². The Bertz CT molecular complexity index is 1180. The number of rotatable bonds is 6. The van der Waals surface area contributed by atoms with Crippen LogP contribution in [0.15, 0.2) is 48.5 Å². The number of nitrogens with zero attached hydrogens (tertiary/aromatic N) is 1. The Kier molecular flexibility index (Phi) is 5.85. The average molecular weight is 448 g/mol. The number of aliphatic hydroxyl groups is 1. The molecule has 33 heavy (non-hydrogen) atoms. The van der Waals surface area contributed by atoms with Gasteiger partial charge in [0.1, 0.15) is 12.4 Å². The van der Waals surface area contributed by atoms with Crippen LogP contribution in [0.1, 0.15) is 51.8 Å². The van der Waals surface area contributed by atoms with Gasteiger partial charge in [0.25, 0.3) is 0 Å². The summed E-state index contributed by atoms with van der Waals surface area (Å²) in [4.78, 5) is 13.0. The molecule has 3 aromatic rings. The van der Waals surface area contributed by atoms with E-state index in [0.29, 0.717) is 24.5 Å². The SMILES string of the molecule is Cc1cc(C(=O)COc2cccc3c2CCC[C@H]3O)c(C)n1C[C@H]1COc2ccccc2O1. The lowest BCUT2D eigenvalue weighted by Crippen LogP contribution is -2.33. The monoisotopic (exact) mass is 447 g/mol. The fourth-order valence-electron chi connectivity index (χ4n) is 4.87. The minimum atomic E-state index is -0.454. The van der Waals surface area contributed by atoms with Crippen LogP contribution in [0.2, 0.25) is 0 Å². The number of carbonyl (C=O) groups excluding carboxylic acids is 1. The molecule has 2 atom stereocenters. The van der Waals surface area contributed by atoms with Crippen molar-refractivity contribution in [3.63, 3.8) is 0 Å². The number of ketones is 1. The van der Waals surface area contributed by atoms with Crippen molar-refractivity contribution in [1.82, 2.24) is 4.57 Å². The summed E-state index contributed by atoms with van der Waals surface area (Å²) < 4.78 is 20.0. The third kappa shape index (κ3) is 4.23. The summed E-state index contributed by atoms with van der Waals surface area (Å²) >= 11 is 0. The van der Waals surface area contributed by atoms with Gasteiger partial charge in [-0.05, 0) is 68.5 Å². The first-order chi connectivity index (χ1) is 16.0. The minimum absolute atomic E-state index is 0.0345. The molecule has 0 bridgehead atoms. The third-order valence-corrected chi connectivity index (χ3v) is 6.62. The van der Waals surface area contributed by atoms with Gasteiger partial charge in [0, 0.05) is 17.0 Å². The Balaban J connectivity index is 1.28. The number of fused-ring (bicyclic) bond motifs is 2. The number of aromatic nitrogens is 1. The van der Waals surface area contributed by atoms with E-state index < -0.39 is 6.10 Å². The Labute approximate surface area is 193 Å². The van der Waals surface area contributed by atoms with Gasteiger partial charge < -0.3 is 23.9 Å². The lowest BCUT2D eigenvalue weighted by atomic mass is 9.89. The Morgan fingerprint density at radius 1 is 1.15 bits per heavy atom. The zero-order chi connectivity index (χ0) is 22.9. The molecule has 1 aliphatic heterocycles. The molecule has 0 unspecified atom stereocenters. The predicted molar refractivity (Wildman–Crippen MR) is 124 cm³/mol. The molecule has 1 aliphatic carbocycles. The average Bonchev–Trinajstić information content (AvgIpc) is 3.11. The number of para-hydroxylation sites is 2. The van der Waals surface area contributed by atoms with Gasteiger partial charge >= 0.3 is 0 Å². The van der Waals surface area contributed by atoms with Gasteiger partial charge in [-0.2, -0.15) is 0 Å². The number of carbonyl (C=O) groups is 1. The highest BCUT2D eigenvalue weighted by molar-refractivity contribution is 5.98. The van der Waals surface area contributed by atoms with Crippen LogP contribution in [0, 0.1) is 13.8 Å². The van der Waals surface area contributed by atoms with Gasteiger partial charge in [0.05, 0.1) is 12.6 Å². The number of benzene rings is 2. The molecule has 172 valence electrons. The zero-order valence-electron chi connectivity index (χ0n) is 19.0. The second kappa shape index (κ2) is 8.94. The van der Waals surface area contributed by atoms with Crippen molar-refractivity contribution in [2.45, 2.75) is 51.9 Å². The highest BCUT2D eigenvalue weighted by atomic mass is 16.6. The third-order valence-electron chi connectivity index (χ3n) is 6.62. The molecule has 0 amide bonds. The summed E-state index contributed by atoms with van der Waals surface area (Å²) in [6, 6.07) is 15.3. The lowest BCUT2D eigenvalue weighted by molar-refractivity contribution is 0.0777. The first-order valence-corrected chi connectivity index (χ1v) is 11.5. The zero-order valence-corrected chi connectivity index (χ0v) is 19.0. The fraction of sp³-hybridized carbons (Fsp3) is 0.370. The van der Waals surface area contributed by atoms with Crippen LogP contribution in [0.4, 0.5) is 0 Å². The van der Waals surface area contributed by atoms with Crippen molar-refractivity contribution in [3.8, 4) is 17.2 Å². The standard InChI is InChI=1S/C27H29NO5/c1-17-13-22(18(2)28(17)14-19-15-31-26-10-3-4-11-27(26)33-19)24(30)16-32-25-12-6-7-20-21(25)8-5-9-23(20)29/h3-4,6-7,10-13,19,23,29H,5,8-9,14-16H2,1-2H3/t19-,23+/m0/s1. The minimum Gasteiger partial charge on any atom is -0.486 e. The molecule has 0 fully saturated rings. The topological polar surface area (TPSA) is 69.9 Å². The maximum absolute atomic E-state index is 13.0. The van der Waals surface area contributed by atoms with Gasteiger partial charge in [-0.1, -0.05) is 24.3 Å². The summed E-state index contributed by atoms with van der Waals surface area (Å²) in [6.45, 7) is 4.98. The number of hydrogen-bond donors (Lipinski definition) is 1. The van der Waals surface area contributed by atoms with E-state index in [1.807, 2.05) is 62.4 Å². The van der Waals surface area contributed by atoms with Gasteiger partial charge in [-0.25, -0.2) is 0 Å². The van der Waals surface area contributed by atoms with E-state index >= 15 is 0 Å². The van der Waals surface area contributed by atoms with Crippen molar-refractivity contribution in [3.05, 3.63) is 76.6 Å². The molecule has 0 spiro atoms. The summed E-state index contributed by atoms with van der Waals surface area (Å²) in [5, 5.41) is 10.3. The van der Waals surface area contributed by atoms with Gasteiger partial charge in [0.15, 0.2) is 24.2 Å². The summed E-state index contributed by atoms with van der Waals surface area (Å²) in [7, 11) is 0. The van der Waals surface area contributed by atoms with E-state index in [9.17, 15) is 9.90 Å². The van der Waals surface area contributed by atoms with Gasteiger partial charge in [-0.3, -0.25) is 4.79 Å². The summed E-state index contributed by atoms with van der Waals surface area (Å²) in [6.07, 6.45) is 1.96. The van der Waals surface area contributed by atoms with Gasteiger partial charge in [-0.15, -0.1) is 0 Å². The molecule has 2 aromatic carbocycles. The van der Waals surface area contributed by atoms with Crippen LogP contribution in [-0.4, -0.2) is 34.8 Å². The van der Waals surface area contributed by atoms with E-state index in [0.717, 1.165) is 53.3 Å². The highest BCUT2D eigenvalue weighted by Crippen LogP contribution is 2.35. The molecule has 6 heteroatoms. The van der Waals surface area contributed by atoms with Crippen LogP contribution in [0.5, 0.6) is 17.2 Å². The Hall–Kier alpha value is -3.25. The molecule has 6 nitrogen and oxygen atoms in total. The molecule has 0 radical (unpaired) electrons. The number of aryl methyl sites for hydroxylation is 1. The fourth-order valence-corrected chi connectivity index (χ4v) is 4.87. The molecule has 5 rings (SSSR count). The van der Waals surface area contributed by atoms with E-state index in [1.165, 1.54) is 0 Å². The van der Waals surface area contributed by atoms with Crippen molar-refractivity contribution < 1.29 is 24.1 Å². The van der Waals surface area contributed by atoms with Crippen LogP contribution in [-0.2, 0) is 13.0 Å². The van der Waals surface area contributed by atoms with E-state index in [1.54, 1.807) is 0 Å². The van der Waals surface area contributed by atoms with Crippen molar-refractivity contribution in [1.29, 1.82) is 0 Å². The number of hydrogen-bond acceptors (Lipinski definition) is 5. The maximum atomic E-state index is 13.0. The molecule has 0 saturated carbocycles. The first kappa shape index (κ1) is 21.6. The van der Waals surface area contributed by atoms with Crippen molar-refractivity contribution in [2.24, 2.45) is 0 Å². The second-order valence-electron chi connectivity index (χ2n) is 8.84. The maximum Gasteiger partial charge on any atom is 0.202 e. The van der Waals surface area contributed by atoms with Crippen molar-refractivity contribution >= 4 is 5.78 Å². The van der Waals surface area contributed by atoms with Crippen LogP contribution < -0.4 is 14.2 Å². The van der Waals surface area contributed by atoms with E-state index in [2.05, 4.69) is 4.57 Å². The van der Waals surface area contributed by atoms with Crippen molar-refractivity contribution in [2.75, 3.05) is 13.2 Å². The lowest BCUT2D eigenvalue weighted by Gasteiger charge is -2.27. The molecule has 1 aromatic heterocycles. The van der Waals surface area contributed by atoms with E-state index in [-0.39, 0.29) is 18.5 Å². The normalized spacial score (nSPS) is 19.1. The van der Waals surface area contributed by atoms with Gasteiger partial charge in [0.2, 0.25) is 5.78 Å². The first-order valence-electron chi connectivity index (χ1n) is 11.5. The van der Waals surface area contributed by atoms with Crippen LogP contribution in [0.3, 0.4) is 0 Å². The Morgan fingerprint density at radius 2 is 1.97 bits per heavy atom. The molecule has 0 saturated heterocycles. The summed E-state index contributed by atoms with van der Waals surface area (Å²) in [5.41, 5.74) is 4.49. The number of ether oxygens (including phenoxy) is 3. The largest absolute Gasteiger partial charge is 0.486 e. The smallest absolute Gasteiger partial charge is 0.202 e. The highest BCUT2D eigenvalue weighted by Gasteiger charge is 2.25. The quantitative estimate of drug-likeness (QED) is 0.561. The predicted octanol–water partition coefficient (Wildman–Crippen LogP) is 4.58. The van der Waals surface area contributed by atoms with E-state index in [4.69, 9.17) is 14.2 Å². The molecule has 1 N–H and O–H groups in total. The molecule has 2 aliphatic rings. The number of Topliss-reactive ketones (excluding diaryl/α,β-unsaturated/α-hetero) is 1. The Morgan fingerprint density at radius 3 is 2.82 bits per heavy atom. The molecular formula is C27H29NO5. The summed E-state index contributed by atoms with van der Waals surface area (Å²) in [5.74, 6) is 2.14.